The van der Waals surface area contributed by atoms with Crippen LogP contribution in [0.25, 0.3) is 11.3 Å². The summed E-state index contributed by atoms with van der Waals surface area (Å²) in [4.78, 5) is 11.0. The van der Waals surface area contributed by atoms with Crippen molar-refractivity contribution in [2.24, 2.45) is 7.05 Å². The van der Waals surface area contributed by atoms with E-state index in [-0.39, 0.29) is 5.15 Å². The normalized spacial score (nSPS) is 10.6. The van der Waals surface area contributed by atoms with E-state index in [1.165, 1.54) is 4.68 Å². The molecule has 1 heterocycles. The summed E-state index contributed by atoms with van der Waals surface area (Å²) in [6, 6.07) is 4.98. The van der Waals surface area contributed by atoms with Gasteiger partial charge in [0, 0.05) is 17.6 Å². The summed E-state index contributed by atoms with van der Waals surface area (Å²) in [6.45, 7) is 0. The first kappa shape index (κ1) is 12.4. The molecule has 0 fully saturated rings. The van der Waals surface area contributed by atoms with E-state index in [0.29, 0.717) is 33.2 Å². The van der Waals surface area contributed by atoms with Gasteiger partial charge in [-0.2, -0.15) is 5.10 Å². The van der Waals surface area contributed by atoms with E-state index in [4.69, 9.17) is 34.8 Å². The number of halogens is 3. The molecule has 3 nitrogen and oxygen atoms in total. The predicted molar refractivity (Wildman–Crippen MR) is 69.1 cm³/mol. The highest BCUT2D eigenvalue weighted by Crippen LogP contribution is 2.33. The molecule has 6 heteroatoms. The van der Waals surface area contributed by atoms with Crippen molar-refractivity contribution in [2.45, 2.75) is 0 Å². The summed E-state index contributed by atoms with van der Waals surface area (Å²) in [5, 5.41) is 5.39. The monoisotopic (exact) mass is 288 g/mol. The molecule has 2 aromatic rings. The maximum atomic E-state index is 11.0. The molecule has 17 heavy (non-hydrogen) atoms. The topological polar surface area (TPSA) is 34.9 Å². The number of carbonyl (C=O) groups is 1. The Hall–Kier alpha value is -1.03. The SMILES string of the molecule is Cn1nc(-c2ccc(Cl)cc2Cl)c(C=O)c1Cl. The average molecular weight is 290 g/mol. The fraction of sp³-hybridized carbons (Fsp3) is 0.0909. The van der Waals surface area contributed by atoms with Crippen molar-refractivity contribution in [2.75, 3.05) is 0 Å². The molecule has 0 spiro atoms. The Morgan fingerprint density at radius 3 is 2.59 bits per heavy atom. The molecule has 88 valence electrons. The molecule has 2 rings (SSSR count). The van der Waals surface area contributed by atoms with Crippen LogP contribution in [0, 0.1) is 0 Å². The highest BCUT2D eigenvalue weighted by molar-refractivity contribution is 6.37. The minimum Gasteiger partial charge on any atom is -0.298 e. The molecule has 1 aromatic carbocycles. The van der Waals surface area contributed by atoms with Crippen molar-refractivity contribution >= 4 is 41.1 Å². The van der Waals surface area contributed by atoms with E-state index in [2.05, 4.69) is 5.10 Å². The number of hydrogen-bond donors (Lipinski definition) is 0. The van der Waals surface area contributed by atoms with Crippen LogP contribution in [0.3, 0.4) is 0 Å². The molecule has 1 aromatic heterocycles. The fourth-order valence-corrected chi connectivity index (χ4v) is 2.17. The Bertz CT molecular complexity index is 593. The third-order valence-corrected chi connectivity index (χ3v) is 3.31. The van der Waals surface area contributed by atoms with Crippen LogP contribution in [0.2, 0.25) is 15.2 Å². The van der Waals surface area contributed by atoms with Crippen LogP contribution in [-0.2, 0) is 7.05 Å². The van der Waals surface area contributed by atoms with Crippen molar-refractivity contribution < 1.29 is 4.79 Å². The Morgan fingerprint density at radius 2 is 2.00 bits per heavy atom. The smallest absolute Gasteiger partial charge is 0.155 e. The Kier molecular flexibility index (Phi) is 3.43. The summed E-state index contributed by atoms with van der Waals surface area (Å²) < 4.78 is 1.42. The predicted octanol–water partition coefficient (Wildman–Crippen LogP) is 3.86. The van der Waals surface area contributed by atoms with Gasteiger partial charge in [-0.05, 0) is 18.2 Å². The van der Waals surface area contributed by atoms with Gasteiger partial charge < -0.3 is 0 Å². The first-order chi connectivity index (χ1) is 8.04. The molecular formula is C11H7Cl3N2O. The minimum atomic E-state index is 0.279. The number of benzene rings is 1. The molecule has 0 aliphatic rings. The summed E-state index contributed by atoms with van der Waals surface area (Å²) in [6.07, 6.45) is 0.662. The molecule has 0 radical (unpaired) electrons. The average Bonchev–Trinajstić information content (AvgIpc) is 2.55. The van der Waals surface area contributed by atoms with Gasteiger partial charge in [0.25, 0.3) is 0 Å². The number of aldehydes is 1. The van der Waals surface area contributed by atoms with Gasteiger partial charge in [-0.1, -0.05) is 34.8 Å². The molecule has 0 unspecified atom stereocenters. The lowest BCUT2D eigenvalue weighted by atomic mass is 10.1. The third-order valence-electron chi connectivity index (χ3n) is 2.32. The second-order valence-corrected chi connectivity index (χ2v) is 4.62. The number of rotatable bonds is 2. The molecule has 0 aliphatic carbocycles. The van der Waals surface area contributed by atoms with Gasteiger partial charge >= 0.3 is 0 Å². The van der Waals surface area contributed by atoms with E-state index >= 15 is 0 Å². The number of aryl methyl sites for hydroxylation is 1. The first-order valence-electron chi connectivity index (χ1n) is 4.67. The van der Waals surface area contributed by atoms with Crippen LogP contribution < -0.4 is 0 Å². The van der Waals surface area contributed by atoms with Crippen LogP contribution in [0.15, 0.2) is 18.2 Å². The lowest BCUT2D eigenvalue weighted by Gasteiger charge is -2.01. The minimum absolute atomic E-state index is 0.279. The van der Waals surface area contributed by atoms with Crippen molar-refractivity contribution in [3.05, 3.63) is 39.0 Å². The lowest BCUT2D eigenvalue weighted by Crippen LogP contribution is -1.90. The van der Waals surface area contributed by atoms with Crippen LogP contribution >= 0.6 is 34.8 Å². The summed E-state index contributed by atoms with van der Waals surface area (Å²) >= 11 is 17.8. The molecule has 0 atom stereocenters. The zero-order valence-electron chi connectivity index (χ0n) is 8.75. The zero-order valence-corrected chi connectivity index (χ0v) is 11.0. The Labute approximate surface area is 113 Å². The van der Waals surface area contributed by atoms with Gasteiger partial charge in [0.15, 0.2) is 6.29 Å². The van der Waals surface area contributed by atoms with Gasteiger partial charge in [-0.3, -0.25) is 9.48 Å². The maximum absolute atomic E-state index is 11.0. The fourth-order valence-electron chi connectivity index (χ4n) is 1.50. The van der Waals surface area contributed by atoms with Crippen molar-refractivity contribution in [1.29, 1.82) is 0 Å². The molecule has 0 saturated heterocycles. The maximum Gasteiger partial charge on any atom is 0.155 e. The van der Waals surface area contributed by atoms with E-state index in [1.54, 1.807) is 25.2 Å². The molecule has 0 N–H and O–H groups in total. The van der Waals surface area contributed by atoms with E-state index in [9.17, 15) is 4.79 Å². The van der Waals surface area contributed by atoms with Gasteiger partial charge in [0.05, 0.1) is 10.6 Å². The summed E-state index contributed by atoms with van der Waals surface area (Å²) in [7, 11) is 1.66. The van der Waals surface area contributed by atoms with Gasteiger partial charge in [0.2, 0.25) is 0 Å². The highest BCUT2D eigenvalue weighted by atomic mass is 35.5. The van der Waals surface area contributed by atoms with E-state index in [1.807, 2.05) is 0 Å². The second kappa shape index (κ2) is 4.69. The van der Waals surface area contributed by atoms with Gasteiger partial charge in [-0.15, -0.1) is 0 Å². The lowest BCUT2D eigenvalue weighted by molar-refractivity contribution is 0.112. The number of hydrogen-bond acceptors (Lipinski definition) is 2. The summed E-state index contributed by atoms with van der Waals surface area (Å²) in [5.41, 5.74) is 1.40. The second-order valence-electron chi connectivity index (χ2n) is 3.42. The van der Waals surface area contributed by atoms with Crippen LogP contribution in [0.5, 0.6) is 0 Å². The van der Waals surface area contributed by atoms with E-state index in [0.717, 1.165) is 0 Å². The highest BCUT2D eigenvalue weighted by Gasteiger charge is 2.17. The van der Waals surface area contributed by atoms with Crippen LogP contribution in [0.1, 0.15) is 10.4 Å². The number of nitrogens with zero attached hydrogens (tertiary/aromatic N) is 2. The van der Waals surface area contributed by atoms with Gasteiger partial charge in [0.1, 0.15) is 10.8 Å². The molecule has 0 saturated carbocycles. The number of carbonyl (C=O) groups excluding carboxylic acids is 1. The van der Waals surface area contributed by atoms with Crippen LogP contribution in [-0.4, -0.2) is 16.1 Å². The van der Waals surface area contributed by atoms with E-state index < -0.39 is 0 Å². The Morgan fingerprint density at radius 1 is 1.29 bits per heavy atom. The standard InChI is InChI=1S/C11H7Cl3N2O/c1-16-11(14)8(5-17)10(15-16)7-3-2-6(12)4-9(7)13/h2-5H,1H3. The quantitative estimate of drug-likeness (QED) is 0.787. The largest absolute Gasteiger partial charge is 0.298 e. The number of aromatic nitrogens is 2. The third kappa shape index (κ3) is 2.18. The van der Waals surface area contributed by atoms with Crippen molar-refractivity contribution in [3.63, 3.8) is 0 Å². The zero-order chi connectivity index (χ0) is 12.6. The first-order valence-corrected chi connectivity index (χ1v) is 5.81. The molecule has 0 aliphatic heterocycles. The van der Waals surface area contributed by atoms with Crippen molar-refractivity contribution in [1.82, 2.24) is 9.78 Å². The molecular weight excluding hydrogens is 282 g/mol. The van der Waals surface area contributed by atoms with Gasteiger partial charge in [-0.25, -0.2) is 0 Å². The van der Waals surface area contributed by atoms with Crippen LogP contribution in [0.4, 0.5) is 0 Å². The molecule has 0 amide bonds. The van der Waals surface area contributed by atoms with Crippen molar-refractivity contribution in [3.8, 4) is 11.3 Å². The summed E-state index contributed by atoms with van der Waals surface area (Å²) in [5.74, 6) is 0. The molecule has 0 bridgehead atoms. The Balaban J connectivity index is 2.68.